The number of amides is 1. The minimum Gasteiger partial charge on any atom is -0.292 e. The molecule has 0 aromatic carbocycles. The molecule has 0 bridgehead atoms. The Morgan fingerprint density at radius 3 is 3.22 bits per heavy atom. The third kappa shape index (κ3) is 0.512. The first-order chi connectivity index (χ1) is 4.38. The van der Waals surface area contributed by atoms with Crippen molar-refractivity contribution in [2.75, 3.05) is 13.1 Å². The van der Waals surface area contributed by atoms with Gasteiger partial charge in [-0.3, -0.25) is 14.7 Å². The fourth-order valence-corrected chi connectivity index (χ4v) is 1.07. The molecule has 0 fully saturated rings. The zero-order chi connectivity index (χ0) is 6.27. The van der Waals surface area contributed by atoms with Crippen LogP contribution in [0.1, 0.15) is 0 Å². The third-order valence-electron chi connectivity index (χ3n) is 1.51. The summed E-state index contributed by atoms with van der Waals surface area (Å²) in [6, 6.07) is 0. The Labute approximate surface area is 52.7 Å². The van der Waals surface area contributed by atoms with E-state index in [4.69, 9.17) is 0 Å². The normalized spacial score (nSPS) is 22.9. The first-order valence-electron chi connectivity index (χ1n) is 2.92. The van der Waals surface area contributed by atoms with E-state index >= 15 is 0 Å². The van der Waals surface area contributed by atoms with Crippen molar-refractivity contribution in [3.05, 3.63) is 12.2 Å². The lowest BCUT2D eigenvalue weighted by Gasteiger charge is -2.06. The van der Waals surface area contributed by atoms with Crippen LogP contribution in [0.15, 0.2) is 17.1 Å². The quantitative estimate of drug-likeness (QED) is 0.438. The minimum absolute atomic E-state index is 0.0752. The topological polar surface area (TPSA) is 32.7 Å². The summed E-state index contributed by atoms with van der Waals surface area (Å²) in [4.78, 5) is 16.6. The van der Waals surface area contributed by atoms with E-state index in [9.17, 15) is 4.79 Å². The van der Waals surface area contributed by atoms with Crippen LogP contribution in [0.25, 0.3) is 0 Å². The smallest absolute Gasteiger partial charge is 0.252 e. The molecule has 0 aromatic heterocycles. The van der Waals surface area contributed by atoms with E-state index in [0.29, 0.717) is 0 Å². The highest BCUT2D eigenvalue weighted by Crippen LogP contribution is 2.09. The van der Waals surface area contributed by atoms with Gasteiger partial charge in [-0.1, -0.05) is 0 Å². The molecule has 0 N–H and O–H groups in total. The van der Waals surface area contributed by atoms with Crippen molar-refractivity contribution in [3.63, 3.8) is 0 Å². The van der Waals surface area contributed by atoms with Gasteiger partial charge in [0, 0.05) is 12.6 Å². The van der Waals surface area contributed by atoms with Crippen LogP contribution in [0.5, 0.6) is 0 Å². The van der Waals surface area contributed by atoms with Gasteiger partial charge in [0.25, 0.3) is 5.91 Å². The molecule has 2 rings (SSSR count). The van der Waals surface area contributed by atoms with E-state index < -0.39 is 0 Å². The maximum Gasteiger partial charge on any atom is 0.252 e. The number of aliphatic imine (C=N–C) groups is 1. The number of nitrogens with zero attached hydrogens (tertiary/aromatic N) is 2. The number of fused-ring (bicyclic) bond motifs is 1. The highest BCUT2D eigenvalue weighted by atomic mass is 16.2. The van der Waals surface area contributed by atoms with Crippen molar-refractivity contribution < 1.29 is 4.79 Å². The molecule has 0 unspecified atom stereocenters. The SMILES string of the molecule is O=C1C=CC2=NCCN12. The van der Waals surface area contributed by atoms with Gasteiger partial charge in [-0.2, -0.15) is 0 Å². The van der Waals surface area contributed by atoms with Gasteiger partial charge in [-0.05, 0) is 6.08 Å². The first kappa shape index (κ1) is 4.73. The summed E-state index contributed by atoms with van der Waals surface area (Å²) in [5, 5.41) is 0. The average Bonchev–Trinajstić information content (AvgIpc) is 2.35. The molecule has 0 spiro atoms. The van der Waals surface area contributed by atoms with E-state index in [0.717, 1.165) is 18.9 Å². The van der Waals surface area contributed by atoms with Crippen LogP contribution in [0.3, 0.4) is 0 Å². The Bertz CT molecular complexity index is 214. The average molecular weight is 122 g/mol. The van der Waals surface area contributed by atoms with E-state index in [-0.39, 0.29) is 5.91 Å². The molecule has 2 aliphatic heterocycles. The molecule has 2 aliphatic rings. The second kappa shape index (κ2) is 1.43. The predicted octanol–water partition coefficient (Wildman–Crippen LogP) is -0.203. The first-order valence-corrected chi connectivity index (χ1v) is 2.92. The molecule has 1 amide bonds. The van der Waals surface area contributed by atoms with Crippen molar-refractivity contribution in [2.24, 2.45) is 4.99 Å². The predicted molar refractivity (Wildman–Crippen MR) is 33.2 cm³/mol. The lowest BCUT2D eigenvalue weighted by atomic mass is 10.5. The molecular weight excluding hydrogens is 116 g/mol. The van der Waals surface area contributed by atoms with E-state index in [1.165, 1.54) is 0 Å². The molecule has 0 radical (unpaired) electrons. The van der Waals surface area contributed by atoms with Gasteiger partial charge in [0.15, 0.2) is 0 Å². The van der Waals surface area contributed by atoms with Crippen LogP contribution in [0.4, 0.5) is 0 Å². The number of carbonyl (C=O) groups is 1. The molecule has 0 aromatic rings. The summed E-state index contributed by atoms with van der Waals surface area (Å²) in [7, 11) is 0. The van der Waals surface area contributed by atoms with E-state index in [1.807, 2.05) is 0 Å². The van der Waals surface area contributed by atoms with Crippen molar-refractivity contribution in [1.82, 2.24) is 4.90 Å². The molecule has 0 saturated carbocycles. The number of carbonyl (C=O) groups excluding carboxylic acids is 1. The molecule has 2 heterocycles. The third-order valence-corrected chi connectivity index (χ3v) is 1.51. The standard InChI is InChI=1S/C6H6N2O/c9-6-2-1-5-7-3-4-8(5)6/h1-2H,3-4H2. The van der Waals surface area contributed by atoms with Crippen molar-refractivity contribution in [2.45, 2.75) is 0 Å². The van der Waals surface area contributed by atoms with Crippen molar-refractivity contribution >= 4 is 11.7 Å². The second-order valence-electron chi connectivity index (χ2n) is 2.06. The Hall–Kier alpha value is -1.12. The van der Waals surface area contributed by atoms with Gasteiger partial charge >= 0.3 is 0 Å². The maximum absolute atomic E-state index is 10.8. The Balaban J connectivity index is 2.39. The molecule has 0 aliphatic carbocycles. The van der Waals surface area contributed by atoms with E-state index in [1.54, 1.807) is 17.1 Å². The van der Waals surface area contributed by atoms with Crippen molar-refractivity contribution in [1.29, 1.82) is 0 Å². The molecule has 3 nitrogen and oxygen atoms in total. The summed E-state index contributed by atoms with van der Waals surface area (Å²) in [6.45, 7) is 1.53. The number of hydrogen-bond donors (Lipinski definition) is 0. The monoisotopic (exact) mass is 122 g/mol. The Kier molecular flexibility index (Phi) is 0.754. The summed E-state index contributed by atoms with van der Waals surface area (Å²) in [6.07, 6.45) is 3.31. The molecule has 0 atom stereocenters. The number of rotatable bonds is 0. The van der Waals surface area contributed by atoms with Gasteiger partial charge in [0.05, 0.1) is 6.54 Å². The number of hydrogen-bond acceptors (Lipinski definition) is 2. The van der Waals surface area contributed by atoms with Gasteiger partial charge in [0.2, 0.25) is 0 Å². The van der Waals surface area contributed by atoms with Crippen LogP contribution < -0.4 is 0 Å². The fraction of sp³-hybridized carbons (Fsp3) is 0.333. The molecule has 9 heavy (non-hydrogen) atoms. The van der Waals surface area contributed by atoms with Crippen LogP contribution in [-0.4, -0.2) is 29.7 Å². The van der Waals surface area contributed by atoms with Gasteiger partial charge in [0.1, 0.15) is 5.84 Å². The molecule has 46 valence electrons. The lowest BCUT2D eigenvalue weighted by molar-refractivity contribution is -0.121. The molecular formula is C6H6N2O. The van der Waals surface area contributed by atoms with Gasteiger partial charge < -0.3 is 0 Å². The number of amidine groups is 1. The van der Waals surface area contributed by atoms with Gasteiger partial charge in [-0.15, -0.1) is 0 Å². The highest BCUT2D eigenvalue weighted by molar-refractivity contribution is 6.16. The summed E-state index contributed by atoms with van der Waals surface area (Å²) >= 11 is 0. The maximum atomic E-state index is 10.8. The Morgan fingerprint density at radius 2 is 2.44 bits per heavy atom. The second-order valence-corrected chi connectivity index (χ2v) is 2.06. The zero-order valence-electron chi connectivity index (χ0n) is 4.87. The molecule has 3 heteroatoms. The highest BCUT2D eigenvalue weighted by Gasteiger charge is 2.24. The summed E-state index contributed by atoms with van der Waals surface area (Å²) < 4.78 is 0. The lowest BCUT2D eigenvalue weighted by Crippen LogP contribution is -2.26. The zero-order valence-corrected chi connectivity index (χ0v) is 4.87. The van der Waals surface area contributed by atoms with Crippen LogP contribution in [0.2, 0.25) is 0 Å². The summed E-state index contributed by atoms with van der Waals surface area (Å²) in [5.74, 6) is 0.909. The van der Waals surface area contributed by atoms with Crippen LogP contribution >= 0.6 is 0 Å². The fourth-order valence-electron chi connectivity index (χ4n) is 1.07. The molecule has 0 saturated heterocycles. The van der Waals surface area contributed by atoms with Crippen molar-refractivity contribution in [3.8, 4) is 0 Å². The van der Waals surface area contributed by atoms with Gasteiger partial charge in [-0.25, -0.2) is 0 Å². The largest absolute Gasteiger partial charge is 0.292 e. The van der Waals surface area contributed by atoms with Crippen LogP contribution in [-0.2, 0) is 4.79 Å². The summed E-state index contributed by atoms with van der Waals surface area (Å²) in [5.41, 5.74) is 0. The minimum atomic E-state index is 0.0752. The van der Waals surface area contributed by atoms with E-state index in [2.05, 4.69) is 4.99 Å². The van der Waals surface area contributed by atoms with Crippen LogP contribution in [0, 0.1) is 0 Å². The Morgan fingerprint density at radius 1 is 1.56 bits per heavy atom.